The molecule has 2 aliphatic rings. The second-order valence-electron chi connectivity index (χ2n) is 9.37. The summed E-state index contributed by atoms with van der Waals surface area (Å²) in [5.74, 6) is 0.333. The van der Waals surface area contributed by atoms with Crippen molar-refractivity contribution in [2.75, 3.05) is 30.8 Å². The van der Waals surface area contributed by atoms with Crippen molar-refractivity contribution in [3.05, 3.63) is 52.2 Å². The normalized spacial score (nSPS) is 21.4. The van der Waals surface area contributed by atoms with Crippen LogP contribution in [-0.4, -0.2) is 52.4 Å². The Labute approximate surface area is 204 Å². The zero-order chi connectivity index (χ0) is 25.1. The molecule has 5 rings (SSSR count). The lowest BCUT2D eigenvalue weighted by molar-refractivity contribution is -0.137. The number of nitrogens with zero attached hydrogens (tertiary/aromatic N) is 4. The van der Waals surface area contributed by atoms with Gasteiger partial charge in [-0.3, -0.25) is 9.47 Å². The molecule has 2 aliphatic heterocycles. The van der Waals surface area contributed by atoms with Gasteiger partial charge in [0.05, 0.1) is 11.1 Å². The average Bonchev–Trinajstić information content (AvgIpc) is 3.03. The number of likely N-dealkylation sites (N-methyl/N-ethyl adjacent to an activating group) is 1. The minimum absolute atomic E-state index is 0.0117. The number of aryl methyl sites for hydroxylation is 1. The van der Waals surface area contributed by atoms with Gasteiger partial charge in [0.25, 0.3) is 0 Å². The molecule has 0 N–H and O–H groups in total. The van der Waals surface area contributed by atoms with Gasteiger partial charge < -0.3 is 4.90 Å². The predicted molar refractivity (Wildman–Crippen MR) is 131 cm³/mol. The molecule has 0 spiro atoms. The number of hydrogen-bond donors (Lipinski definition) is 0. The summed E-state index contributed by atoms with van der Waals surface area (Å²) in [7, 11) is 2.02. The van der Waals surface area contributed by atoms with Crippen LogP contribution in [0.5, 0.6) is 0 Å². The Kier molecular flexibility index (Phi) is 6.07. The third-order valence-electron chi connectivity index (χ3n) is 7.07. The van der Waals surface area contributed by atoms with Crippen molar-refractivity contribution >= 4 is 28.5 Å². The van der Waals surface area contributed by atoms with Crippen LogP contribution in [0.3, 0.4) is 0 Å². The lowest BCUT2D eigenvalue weighted by Crippen LogP contribution is -2.55. The van der Waals surface area contributed by atoms with Crippen LogP contribution in [0, 0.1) is 5.82 Å². The van der Waals surface area contributed by atoms with Crippen LogP contribution in [0.2, 0.25) is 0 Å². The molecule has 0 radical (unpaired) electrons. The number of rotatable bonds is 2. The number of halogens is 4. The summed E-state index contributed by atoms with van der Waals surface area (Å²) in [6.07, 6.45) is -4.02. The van der Waals surface area contributed by atoms with E-state index in [-0.39, 0.29) is 23.2 Å². The second kappa shape index (κ2) is 8.81. The zero-order valence-corrected chi connectivity index (χ0v) is 20.5. The Morgan fingerprint density at radius 1 is 1.09 bits per heavy atom. The van der Waals surface area contributed by atoms with Gasteiger partial charge in [-0.15, -0.1) is 11.8 Å². The van der Waals surface area contributed by atoms with Crippen molar-refractivity contribution in [2.24, 2.45) is 0 Å². The molecule has 186 valence electrons. The van der Waals surface area contributed by atoms with E-state index in [2.05, 4.69) is 23.7 Å². The average molecular weight is 507 g/mol. The molecule has 1 fully saturated rings. The molecule has 3 aromatic rings. The fourth-order valence-electron chi connectivity index (χ4n) is 5.08. The van der Waals surface area contributed by atoms with Crippen molar-refractivity contribution in [1.82, 2.24) is 14.5 Å². The maximum absolute atomic E-state index is 14.5. The molecule has 2 atom stereocenters. The number of alkyl halides is 3. The van der Waals surface area contributed by atoms with Crippen LogP contribution in [-0.2, 0) is 12.7 Å². The van der Waals surface area contributed by atoms with Crippen LogP contribution in [0.1, 0.15) is 25.8 Å². The van der Waals surface area contributed by atoms with E-state index < -0.39 is 23.2 Å². The van der Waals surface area contributed by atoms with Crippen molar-refractivity contribution in [1.29, 1.82) is 0 Å². The molecular formula is C25H26F4N4OS. The molecule has 0 aliphatic carbocycles. The summed E-state index contributed by atoms with van der Waals surface area (Å²) < 4.78 is 58.7. The van der Waals surface area contributed by atoms with Crippen molar-refractivity contribution in [3.63, 3.8) is 0 Å². The first kappa shape index (κ1) is 24.1. The topological polar surface area (TPSA) is 41.4 Å². The van der Waals surface area contributed by atoms with Crippen LogP contribution in [0.15, 0.2) is 40.0 Å². The highest BCUT2D eigenvalue weighted by Crippen LogP contribution is 2.48. The Bertz CT molecular complexity index is 1330. The third-order valence-corrected chi connectivity index (χ3v) is 8.25. The van der Waals surface area contributed by atoms with Gasteiger partial charge in [-0.25, -0.2) is 9.18 Å². The van der Waals surface area contributed by atoms with Gasteiger partial charge >= 0.3 is 11.9 Å². The van der Waals surface area contributed by atoms with Gasteiger partial charge in [0.15, 0.2) is 0 Å². The van der Waals surface area contributed by atoms with Gasteiger partial charge in [-0.05, 0) is 56.8 Å². The second-order valence-corrected chi connectivity index (χ2v) is 10.5. The van der Waals surface area contributed by atoms with Crippen molar-refractivity contribution < 1.29 is 17.6 Å². The number of piperazine rings is 1. The van der Waals surface area contributed by atoms with Crippen LogP contribution in [0.25, 0.3) is 22.0 Å². The van der Waals surface area contributed by atoms with E-state index in [1.54, 1.807) is 0 Å². The van der Waals surface area contributed by atoms with E-state index in [1.165, 1.54) is 28.5 Å². The summed E-state index contributed by atoms with van der Waals surface area (Å²) in [4.78, 5) is 22.1. The number of anilines is 1. The van der Waals surface area contributed by atoms with E-state index in [0.29, 0.717) is 53.4 Å². The van der Waals surface area contributed by atoms with Gasteiger partial charge in [0.1, 0.15) is 11.6 Å². The highest BCUT2D eigenvalue weighted by molar-refractivity contribution is 7.99. The molecule has 2 aromatic carbocycles. The van der Waals surface area contributed by atoms with E-state index in [4.69, 9.17) is 0 Å². The van der Waals surface area contributed by atoms with Gasteiger partial charge in [-0.1, -0.05) is 12.1 Å². The monoisotopic (exact) mass is 506 g/mol. The summed E-state index contributed by atoms with van der Waals surface area (Å²) >= 11 is 1.32. The number of hydrogen-bond acceptors (Lipinski definition) is 5. The summed E-state index contributed by atoms with van der Waals surface area (Å²) in [5.41, 5.74) is -0.523. The first-order valence-corrected chi connectivity index (χ1v) is 12.6. The summed E-state index contributed by atoms with van der Waals surface area (Å²) in [6.45, 7) is 5.59. The van der Waals surface area contributed by atoms with Crippen molar-refractivity contribution in [3.8, 4) is 11.1 Å². The predicted octanol–water partition coefficient (Wildman–Crippen LogP) is 5.25. The SMILES string of the molecule is CC1CN(c2nc(=O)n3c4c(c(-c5ccc(F)cc5)c(C(F)(F)F)cc24)SCCC3)CC(C)N1C. The van der Waals surface area contributed by atoms with E-state index in [9.17, 15) is 22.4 Å². The number of thioether (sulfide) groups is 1. The molecule has 0 saturated carbocycles. The van der Waals surface area contributed by atoms with Gasteiger partial charge in [-0.2, -0.15) is 18.2 Å². The molecule has 0 bridgehead atoms. The zero-order valence-electron chi connectivity index (χ0n) is 19.7. The van der Waals surface area contributed by atoms with Crippen LogP contribution < -0.4 is 10.6 Å². The highest BCUT2D eigenvalue weighted by Gasteiger charge is 2.38. The number of benzene rings is 2. The molecule has 3 heterocycles. The minimum atomic E-state index is -4.65. The largest absolute Gasteiger partial charge is 0.417 e. The molecule has 2 unspecified atom stereocenters. The Morgan fingerprint density at radius 3 is 2.37 bits per heavy atom. The first-order valence-electron chi connectivity index (χ1n) is 11.6. The molecule has 1 saturated heterocycles. The van der Waals surface area contributed by atoms with Crippen LogP contribution in [0.4, 0.5) is 23.4 Å². The maximum atomic E-state index is 14.5. The molecule has 0 amide bonds. The molecular weight excluding hydrogens is 480 g/mol. The van der Waals surface area contributed by atoms with E-state index in [0.717, 1.165) is 18.2 Å². The van der Waals surface area contributed by atoms with Crippen molar-refractivity contribution in [2.45, 2.75) is 50.0 Å². The number of aromatic nitrogens is 2. The third kappa shape index (κ3) is 4.20. The standard InChI is InChI=1S/C25H26F4N4OS/c1-14-12-32(13-15(2)31(14)3)23-18-11-19(25(27,28)29)20(16-5-7-17(26)8-6-16)22-21(18)33(24(34)30-23)9-4-10-35-22/h5-8,11,14-15H,4,9-10,12-13H2,1-3H3. The smallest absolute Gasteiger partial charge is 0.353 e. The first-order chi connectivity index (χ1) is 16.6. The Hall–Kier alpha value is -2.59. The molecule has 1 aromatic heterocycles. The molecule has 10 heteroatoms. The van der Waals surface area contributed by atoms with Gasteiger partial charge in [0.2, 0.25) is 0 Å². The van der Waals surface area contributed by atoms with E-state index >= 15 is 0 Å². The maximum Gasteiger partial charge on any atom is 0.417 e. The lowest BCUT2D eigenvalue weighted by Gasteiger charge is -2.43. The lowest BCUT2D eigenvalue weighted by atomic mass is 9.96. The Balaban J connectivity index is 1.86. The van der Waals surface area contributed by atoms with Gasteiger partial charge in [0, 0.05) is 47.6 Å². The van der Waals surface area contributed by atoms with E-state index in [1.807, 2.05) is 11.9 Å². The summed E-state index contributed by atoms with van der Waals surface area (Å²) in [6, 6.07) is 6.46. The van der Waals surface area contributed by atoms with Crippen LogP contribution >= 0.6 is 11.8 Å². The fraction of sp³-hybridized carbons (Fsp3) is 0.440. The summed E-state index contributed by atoms with van der Waals surface area (Å²) in [5, 5.41) is 0.330. The quantitative estimate of drug-likeness (QED) is 0.445. The minimum Gasteiger partial charge on any atom is -0.353 e. The molecule has 35 heavy (non-hydrogen) atoms. The Morgan fingerprint density at radius 2 is 1.74 bits per heavy atom. The molecule has 5 nitrogen and oxygen atoms in total. The highest BCUT2D eigenvalue weighted by atomic mass is 32.2. The fourth-order valence-corrected chi connectivity index (χ4v) is 6.29.